The molecular weight excluding hydrogens is 266 g/mol. The zero-order valence-electron chi connectivity index (χ0n) is 11.7. The maximum Gasteiger partial charge on any atom is 0.319 e. The second kappa shape index (κ2) is 5.54. The van der Waals surface area contributed by atoms with Crippen LogP contribution in [-0.4, -0.2) is 22.2 Å². The number of nitrogens with zero attached hydrogens (tertiary/aromatic N) is 1. The molecule has 1 aromatic carbocycles. The molecule has 2 aromatic rings. The standard InChI is InChI=1S/C16H17N3O2/c1-10-9-17-7-6-13(10)18-16(21)19-15-12-5-3-2-4-11(12)8-14(15)20/h2-7,9,14-15,20H,8H2,1H3,(H2,17,18,19,21). The van der Waals surface area contributed by atoms with Crippen LogP contribution in [0, 0.1) is 6.92 Å². The van der Waals surface area contributed by atoms with Crippen molar-refractivity contribution in [1.82, 2.24) is 10.3 Å². The number of rotatable bonds is 2. The van der Waals surface area contributed by atoms with Crippen molar-refractivity contribution in [2.75, 3.05) is 5.32 Å². The van der Waals surface area contributed by atoms with E-state index in [4.69, 9.17) is 0 Å². The summed E-state index contributed by atoms with van der Waals surface area (Å²) in [6.07, 6.45) is 3.29. The van der Waals surface area contributed by atoms with Gasteiger partial charge in [-0.3, -0.25) is 4.98 Å². The quantitative estimate of drug-likeness (QED) is 0.790. The van der Waals surface area contributed by atoms with Crippen molar-refractivity contribution in [1.29, 1.82) is 0 Å². The van der Waals surface area contributed by atoms with Gasteiger partial charge in [0.15, 0.2) is 0 Å². The number of aryl methyl sites for hydroxylation is 1. The van der Waals surface area contributed by atoms with Gasteiger partial charge in [0.05, 0.1) is 12.1 Å². The van der Waals surface area contributed by atoms with Crippen LogP contribution in [0.3, 0.4) is 0 Å². The molecule has 2 atom stereocenters. The topological polar surface area (TPSA) is 74.2 Å². The molecule has 0 spiro atoms. The number of aromatic nitrogens is 1. The summed E-state index contributed by atoms with van der Waals surface area (Å²) in [5.41, 5.74) is 3.66. The summed E-state index contributed by atoms with van der Waals surface area (Å²) in [5, 5.41) is 15.8. The van der Waals surface area contributed by atoms with Gasteiger partial charge >= 0.3 is 6.03 Å². The number of hydrogen-bond donors (Lipinski definition) is 3. The van der Waals surface area contributed by atoms with Crippen molar-refractivity contribution >= 4 is 11.7 Å². The molecule has 0 saturated heterocycles. The average Bonchev–Trinajstić information content (AvgIpc) is 2.78. The first-order chi connectivity index (χ1) is 10.1. The SMILES string of the molecule is Cc1cnccc1NC(=O)NC1c2ccccc2CC1O. The van der Waals surface area contributed by atoms with Crippen LogP contribution in [0.25, 0.3) is 0 Å². The highest BCUT2D eigenvalue weighted by molar-refractivity contribution is 5.90. The van der Waals surface area contributed by atoms with E-state index >= 15 is 0 Å². The third kappa shape index (κ3) is 2.73. The van der Waals surface area contributed by atoms with Crippen molar-refractivity contribution in [3.63, 3.8) is 0 Å². The van der Waals surface area contributed by atoms with E-state index in [1.807, 2.05) is 31.2 Å². The predicted octanol–water partition coefficient (Wildman–Crippen LogP) is 2.17. The summed E-state index contributed by atoms with van der Waals surface area (Å²) in [6, 6.07) is 8.81. The summed E-state index contributed by atoms with van der Waals surface area (Å²) in [5.74, 6) is 0. The number of pyridine rings is 1. The molecule has 1 aliphatic rings. The monoisotopic (exact) mass is 283 g/mol. The molecule has 3 N–H and O–H groups in total. The van der Waals surface area contributed by atoms with Crippen LogP contribution in [0.1, 0.15) is 22.7 Å². The molecule has 108 valence electrons. The molecule has 2 amide bonds. The Morgan fingerprint density at radius 1 is 1.33 bits per heavy atom. The van der Waals surface area contributed by atoms with E-state index in [0.717, 1.165) is 16.7 Å². The van der Waals surface area contributed by atoms with E-state index < -0.39 is 6.10 Å². The molecule has 1 aliphatic carbocycles. The average molecular weight is 283 g/mol. The van der Waals surface area contributed by atoms with Gasteiger partial charge in [0, 0.05) is 24.5 Å². The van der Waals surface area contributed by atoms with Gasteiger partial charge in [-0.05, 0) is 29.7 Å². The second-order valence-electron chi connectivity index (χ2n) is 5.24. The minimum Gasteiger partial charge on any atom is -0.390 e. The van der Waals surface area contributed by atoms with Crippen LogP contribution >= 0.6 is 0 Å². The normalized spacial score (nSPS) is 19.9. The highest BCUT2D eigenvalue weighted by atomic mass is 16.3. The molecule has 5 nitrogen and oxygen atoms in total. The summed E-state index contributed by atoms with van der Waals surface area (Å²) in [4.78, 5) is 16.1. The highest BCUT2D eigenvalue weighted by Crippen LogP contribution is 2.31. The molecule has 0 fully saturated rings. The minimum absolute atomic E-state index is 0.329. The van der Waals surface area contributed by atoms with E-state index in [-0.39, 0.29) is 12.1 Å². The zero-order valence-corrected chi connectivity index (χ0v) is 11.7. The molecule has 2 unspecified atom stereocenters. The van der Waals surface area contributed by atoms with E-state index in [2.05, 4.69) is 15.6 Å². The largest absolute Gasteiger partial charge is 0.390 e. The van der Waals surface area contributed by atoms with Crippen LogP contribution < -0.4 is 10.6 Å². The Balaban J connectivity index is 1.72. The van der Waals surface area contributed by atoms with Crippen molar-refractivity contribution in [2.45, 2.75) is 25.5 Å². The van der Waals surface area contributed by atoms with Gasteiger partial charge in [-0.2, -0.15) is 0 Å². The second-order valence-corrected chi connectivity index (χ2v) is 5.24. The maximum atomic E-state index is 12.1. The summed E-state index contributed by atoms with van der Waals surface area (Å²) in [6.45, 7) is 1.88. The Morgan fingerprint density at radius 2 is 2.14 bits per heavy atom. The molecule has 5 heteroatoms. The first-order valence-electron chi connectivity index (χ1n) is 6.89. The predicted molar refractivity (Wildman–Crippen MR) is 80.0 cm³/mol. The van der Waals surface area contributed by atoms with Gasteiger partial charge in [0.25, 0.3) is 0 Å². The molecular formula is C16H17N3O2. The van der Waals surface area contributed by atoms with Crippen LogP contribution in [0.2, 0.25) is 0 Å². The molecule has 1 aromatic heterocycles. The number of benzene rings is 1. The van der Waals surface area contributed by atoms with Crippen molar-refractivity contribution < 1.29 is 9.90 Å². The molecule has 0 radical (unpaired) electrons. The lowest BCUT2D eigenvalue weighted by atomic mass is 10.1. The van der Waals surface area contributed by atoms with Gasteiger partial charge in [-0.15, -0.1) is 0 Å². The number of carbonyl (C=O) groups excluding carboxylic acids is 1. The molecule has 0 aliphatic heterocycles. The van der Waals surface area contributed by atoms with Crippen LogP contribution in [0.5, 0.6) is 0 Å². The lowest BCUT2D eigenvalue weighted by Crippen LogP contribution is -2.36. The summed E-state index contributed by atoms with van der Waals surface area (Å²) >= 11 is 0. The van der Waals surface area contributed by atoms with Crippen molar-refractivity contribution in [3.05, 3.63) is 59.4 Å². The Labute approximate surface area is 123 Å². The molecule has 0 bridgehead atoms. The molecule has 3 rings (SSSR count). The van der Waals surface area contributed by atoms with E-state index in [9.17, 15) is 9.90 Å². The Bertz CT molecular complexity index is 672. The fraction of sp³-hybridized carbons (Fsp3) is 0.250. The molecule has 21 heavy (non-hydrogen) atoms. The Morgan fingerprint density at radius 3 is 2.95 bits per heavy atom. The molecule has 1 heterocycles. The van der Waals surface area contributed by atoms with E-state index in [1.54, 1.807) is 18.5 Å². The van der Waals surface area contributed by atoms with Crippen molar-refractivity contribution in [2.24, 2.45) is 0 Å². The van der Waals surface area contributed by atoms with Crippen LogP contribution in [0.15, 0.2) is 42.7 Å². The first kappa shape index (κ1) is 13.6. The number of nitrogens with one attached hydrogen (secondary N) is 2. The number of aliphatic hydroxyl groups excluding tert-OH is 1. The Hall–Kier alpha value is -2.40. The van der Waals surface area contributed by atoms with Gasteiger partial charge < -0.3 is 15.7 Å². The smallest absolute Gasteiger partial charge is 0.319 e. The first-order valence-corrected chi connectivity index (χ1v) is 6.89. The van der Waals surface area contributed by atoms with Gasteiger partial charge in [-0.25, -0.2) is 4.79 Å². The lowest BCUT2D eigenvalue weighted by molar-refractivity contribution is 0.144. The van der Waals surface area contributed by atoms with Crippen LogP contribution in [0.4, 0.5) is 10.5 Å². The third-order valence-corrected chi connectivity index (χ3v) is 3.76. The molecule has 0 saturated carbocycles. The number of urea groups is 1. The van der Waals surface area contributed by atoms with Crippen molar-refractivity contribution in [3.8, 4) is 0 Å². The summed E-state index contributed by atoms with van der Waals surface area (Å²) < 4.78 is 0. The van der Waals surface area contributed by atoms with Gasteiger partial charge in [-0.1, -0.05) is 24.3 Å². The van der Waals surface area contributed by atoms with Gasteiger partial charge in [0.1, 0.15) is 0 Å². The number of anilines is 1. The number of fused-ring (bicyclic) bond motifs is 1. The van der Waals surface area contributed by atoms with E-state index in [1.165, 1.54) is 0 Å². The number of aliphatic hydroxyl groups is 1. The number of hydrogen-bond acceptors (Lipinski definition) is 3. The number of amides is 2. The van der Waals surface area contributed by atoms with Gasteiger partial charge in [0.2, 0.25) is 0 Å². The Kier molecular flexibility index (Phi) is 3.58. The number of carbonyl (C=O) groups is 1. The van der Waals surface area contributed by atoms with E-state index in [0.29, 0.717) is 12.1 Å². The summed E-state index contributed by atoms with van der Waals surface area (Å²) in [7, 11) is 0. The fourth-order valence-corrected chi connectivity index (χ4v) is 2.66. The zero-order chi connectivity index (χ0) is 14.8. The lowest BCUT2D eigenvalue weighted by Gasteiger charge is -2.18. The minimum atomic E-state index is -0.591. The highest BCUT2D eigenvalue weighted by Gasteiger charge is 2.31. The maximum absolute atomic E-state index is 12.1. The fourth-order valence-electron chi connectivity index (χ4n) is 2.66. The third-order valence-electron chi connectivity index (χ3n) is 3.76. The van der Waals surface area contributed by atoms with Crippen LogP contribution in [-0.2, 0) is 6.42 Å².